The molecule has 0 aliphatic heterocycles. The summed E-state index contributed by atoms with van der Waals surface area (Å²) in [4.78, 5) is 9.56. The summed E-state index contributed by atoms with van der Waals surface area (Å²) in [6, 6.07) is -0.444. The number of hydrogen-bond donors (Lipinski definition) is 1. The van der Waals surface area contributed by atoms with Gasteiger partial charge in [-0.3, -0.25) is 0 Å². The van der Waals surface area contributed by atoms with Gasteiger partial charge in [-0.2, -0.15) is 4.91 Å². The van der Waals surface area contributed by atoms with Gasteiger partial charge in [-0.05, 0) is 13.8 Å². The summed E-state index contributed by atoms with van der Waals surface area (Å²) in [5.74, 6) is 0. The molecule has 0 amide bonds. The number of nitroso groups, excluding NO2 is 1. The maximum Gasteiger partial charge on any atom is 0.126 e. The second-order valence-electron chi connectivity index (χ2n) is 1.46. The molecule has 1 atom stereocenters. The fourth-order valence-corrected chi connectivity index (χ4v) is 0.0791. The van der Waals surface area contributed by atoms with Gasteiger partial charge in [0.1, 0.15) is 6.04 Å². The van der Waals surface area contributed by atoms with Crippen molar-refractivity contribution in [2.75, 3.05) is 0 Å². The molecule has 1 N–H and O–H groups in total. The molecular weight excluding hydrogens is 92.1 g/mol. The van der Waals surface area contributed by atoms with Crippen molar-refractivity contribution in [1.82, 2.24) is 0 Å². The van der Waals surface area contributed by atoms with E-state index in [-0.39, 0.29) is 0 Å². The second-order valence-corrected chi connectivity index (χ2v) is 1.46. The molecular formula is C4H8N2O. The second kappa shape index (κ2) is 2.44. The van der Waals surface area contributed by atoms with Gasteiger partial charge in [0.2, 0.25) is 0 Å². The van der Waals surface area contributed by atoms with Crippen molar-refractivity contribution >= 4 is 5.71 Å². The molecule has 0 heterocycles. The summed E-state index contributed by atoms with van der Waals surface area (Å²) in [5.41, 5.74) is 0.315. The molecule has 0 radical (unpaired) electrons. The van der Waals surface area contributed by atoms with Crippen LogP contribution in [0.2, 0.25) is 0 Å². The van der Waals surface area contributed by atoms with Gasteiger partial charge in [0.05, 0.1) is 0 Å². The van der Waals surface area contributed by atoms with Crippen molar-refractivity contribution in [3.8, 4) is 0 Å². The maximum absolute atomic E-state index is 9.56. The molecule has 0 saturated carbocycles. The minimum Gasteiger partial charge on any atom is -0.308 e. The number of rotatable bonds is 2. The highest BCUT2D eigenvalue weighted by Gasteiger charge is 1.99. The predicted octanol–water partition coefficient (Wildman–Crippen LogP) is 1.18. The first kappa shape index (κ1) is 6.27. The quantitative estimate of drug-likeness (QED) is 0.411. The van der Waals surface area contributed by atoms with Crippen molar-refractivity contribution < 1.29 is 0 Å². The van der Waals surface area contributed by atoms with Gasteiger partial charge in [0.15, 0.2) is 0 Å². The molecule has 0 fully saturated rings. The van der Waals surface area contributed by atoms with Crippen LogP contribution in [0.5, 0.6) is 0 Å². The van der Waals surface area contributed by atoms with Gasteiger partial charge in [0.25, 0.3) is 0 Å². The number of hydrogen-bond acceptors (Lipinski definition) is 3. The highest BCUT2D eigenvalue weighted by atomic mass is 16.3. The van der Waals surface area contributed by atoms with Crippen LogP contribution in [0.4, 0.5) is 0 Å². The Labute approximate surface area is 42.2 Å². The Balaban J connectivity index is 3.55. The molecule has 0 aliphatic rings. The van der Waals surface area contributed by atoms with Crippen LogP contribution in [0.25, 0.3) is 0 Å². The normalized spacial score (nSPS) is 12.9. The van der Waals surface area contributed by atoms with Crippen LogP contribution in [-0.4, -0.2) is 11.8 Å². The van der Waals surface area contributed by atoms with Crippen molar-refractivity contribution in [2.45, 2.75) is 19.9 Å². The van der Waals surface area contributed by atoms with Crippen molar-refractivity contribution in [2.24, 2.45) is 5.18 Å². The lowest BCUT2D eigenvalue weighted by molar-refractivity contribution is 0.948. The molecule has 7 heavy (non-hydrogen) atoms. The van der Waals surface area contributed by atoms with E-state index in [1.807, 2.05) is 0 Å². The largest absolute Gasteiger partial charge is 0.308 e. The van der Waals surface area contributed by atoms with Crippen LogP contribution in [0, 0.1) is 10.3 Å². The van der Waals surface area contributed by atoms with Gasteiger partial charge in [0, 0.05) is 5.71 Å². The SMILES string of the molecule is CC(=N)C(C)N=O. The van der Waals surface area contributed by atoms with Crippen molar-refractivity contribution in [3.05, 3.63) is 4.91 Å². The van der Waals surface area contributed by atoms with E-state index in [2.05, 4.69) is 5.18 Å². The lowest BCUT2D eigenvalue weighted by atomic mass is 10.2. The zero-order valence-corrected chi connectivity index (χ0v) is 4.43. The molecule has 0 aromatic rings. The van der Waals surface area contributed by atoms with Crippen LogP contribution in [-0.2, 0) is 0 Å². The van der Waals surface area contributed by atoms with E-state index in [1.54, 1.807) is 13.8 Å². The van der Waals surface area contributed by atoms with Crippen LogP contribution >= 0.6 is 0 Å². The molecule has 0 bridgehead atoms. The van der Waals surface area contributed by atoms with Crippen LogP contribution in [0.15, 0.2) is 5.18 Å². The summed E-state index contributed by atoms with van der Waals surface area (Å²) in [5, 5.41) is 9.42. The Morgan fingerprint density at radius 2 is 2.29 bits per heavy atom. The minimum absolute atomic E-state index is 0.315. The first-order valence-electron chi connectivity index (χ1n) is 2.06. The lowest BCUT2D eigenvalue weighted by Gasteiger charge is -1.92. The Kier molecular flexibility index (Phi) is 2.19. The smallest absolute Gasteiger partial charge is 0.126 e. The minimum atomic E-state index is -0.444. The summed E-state index contributed by atoms with van der Waals surface area (Å²) in [7, 11) is 0. The van der Waals surface area contributed by atoms with E-state index in [4.69, 9.17) is 5.41 Å². The summed E-state index contributed by atoms with van der Waals surface area (Å²) >= 11 is 0. The molecule has 3 nitrogen and oxygen atoms in total. The third-order valence-corrected chi connectivity index (χ3v) is 0.785. The standard InChI is InChI=1S/C4H8N2O/c1-3(5)4(2)6-7/h4-5H,1-2H3. The molecule has 0 aromatic carbocycles. The Bertz CT molecular complexity index is 89.7. The zero-order chi connectivity index (χ0) is 5.86. The Hall–Kier alpha value is -0.730. The zero-order valence-electron chi connectivity index (χ0n) is 4.43. The molecule has 40 valence electrons. The highest BCUT2D eigenvalue weighted by Crippen LogP contribution is 1.87. The van der Waals surface area contributed by atoms with Crippen LogP contribution < -0.4 is 0 Å². The van der Waals surface area contributed by atoms with Gasteiger partial charge < -0.3 is 5.41 Å². The first-order valence-corrected chi connectivity index (χ1v) is 2.06. The van der Waals surface area contributed by atoms with Crippen LogP contribution in [0.1, 0.15) is 13.8 Å². The lowest BCUT2D eigenvalue weighted by Crippen LogP contribution is -2.06. The van der Waals surface area contributed by atoms with E-state index >= 15 is 0 Å². The molecule has 0 spiro atoms. The van der Waals surface area contributed by atoms with Crippen molar-refractivity contribution in [1.29, 1.82) is 5.41 Å². The number of nitrogens with zero attached hydrogens (tertiary/aromatic N) is 1. The van der Waals surface area contributed by atoms with E-state index < -0.39 is 6.04 Å². The molecule has 3 heteroatoms. The third kappa shape index (κ3) is 2.03. The molecule has 1 unspecified atom stereocenters. The predicted molar refractivity (Wildman–Crippen MR) is 28.7 cm³/mol. The maximum atomic E-state index is 9.56. The van der Waals surface area contributed by atoms with Gasteiger partial charge in [-0.25, -0.2) is 0 Å². The third-order valence-electron chi connectivity index (χ3n) is 0.785. The Morgan fingerprint density at radius 3 is 2.29 bits per heavy atom. The van der Waals surface area contributed by atoms with Crippen molar-refractivity contribution in [3.63, 3.8) is 0 Å². The van der Waals surface area contributed by atoms with E-state index in [9.17, 15) is 4.91 Å². The van der Waals surface area contributed by atoms with Gasteiger partial charge >= 0.3 is 0 Å². The summed E-state index contributed by atoms with van der Waals surface area (Å²) in [6.07, 6.45) is 0. The fourth-order valence-electron chi connectivity index (χ4n) is 0.0791. The van der Waals surface area contributed by atoms with Crippen LogP contribution in [0.3, 0.4) is 0 Å². The molecule has 0 rings (SSSR count). The highest BCUT2D eigenvalue weighted by molar-refractivity contribution is 5.83. The molecule has 0 aliphatic carbocycles. The van der Waals surface area contributed by atoms with E-state index in [1.165, 1.54) is 0 Å². The first-order chi connectivity index (χ1) is 3.18. The average molecular weight is 100 g/mol. The van der Waals surface area contributed by atoms with E-state index in [0.717, 1.165) is 0 Å². The Morgan fingerprint density at radius 1 is 1.86 bits per heavy atom. The molecule has 0 aromatic heterocycles. The summed E-state index contributed by atoms with van der Waals surface area (Å²) < 4.78 is 0. The van der Waals surface area contributed by atoms with Gasteiger partial charge in [-0.1, -0.05) is 5.18 Å². The van der Waals surface area contributed by atoms with Gasteiger partial charge in [-0.15, -0.1) is 0 Å². The topological polar surface area (TPSA) is 53.3 Å². The van der Waals surface area contributed by atoms with E-state index in [0.29, 0.717) is 5.71 Å². The fraction of sp³-hybridized carbons (Fsp3) is 0.750. The average Bonchev–Trinajstić information content (AvgIpc) is 1.65. The number of nitrogens with one attached hydrogen (secondary N) is 1. The molecule has 0 saturated heterocycles. The summed E-state index contributed by atoms with van der Waals surface area (Å²) in [6.45, 7) is 3.15. The monoisotopic (exact) mass is 100 g/mol.